The fraction of sp³-hybridized carbons (Fsp3) is 0.833. The van der Waals surface area contributed by atoms with Crippen LogP contribution in [-0.4, -0.2) is 35.2 Å². The van der Waals surface area contributed by atoms with E-state index in [4.69, 9.17) is 4.43 Å². The van der Waals surface area contributed by atoms with E-state index in [9.17, 15) is 4.79 Å². The summed E-state index contributed by atoms with van der Waals surface area (Å²) in [6, 6.07) is 0. The van der Waals surface area contributed by atoms with Crippen LogP contribution in [0.2, 0.25) is 0 Å². The number of methoxy groups -OCH3 is 1. The van der Waals surface area contributed by atoms with Crippen molar-refractivity contribution >= 4 is 15.9 Å². The molecule has 0 atom stereocenters. The van der Waals surface area contributed by atoms with Crippen LogP contribution in [-0.2, 0) is 9.16 Å². The van der Waals surface area contributed by atoms with E-state index in [1.54, 1.807) is 7.11 Å². The van der Waals surface area contributed by atoms with Crippen molar-refractivity contribution in [1.82, 2.24) is 5.32 Å². The average molecular weight is 175 g/mol. The quantitative estimate of drug-likeness (QED) is 0.629. The summed E-state index contributed by atoms with van der Waals surface area (Å²) in [4.78, 5) is 10.7. The van der Waals surface area contributed by atoms with Gasteiger partial charge in [-0.3, -0.25) is 0 Å². The van der Waals surface area contributed by atoms with Crippen LogP contribution in [0, 0.1) is 0 Å². The van der Waals surface area contributed by atoms with Crippen LogP contribution in [0.15, 0.2) is 0 Å². The molecule has 1 amide bonds. The maximum absolute atomic E-state index is 10.7. The van der Waals surface area contributed by atoms with Gasteiger partial charge < -0.3 is 14.5 Å². The summed E-state index contributed by atoms with van der Waals surface area (Å²) >= 11 is 0. The number of ether oxygens (including phenoxy) is 1. The predicted molar refractivity (Wildman–Crippen MR) is 42.4 cm³/mol. The maximum atomic E-state index is 10.7. The Kier molecular flexibility index (Phi) is 4.13. The number of rotatable bonds is 3. The molecule has 0 saturated carbocycles. The minimum absolute atomic E-state index is 0.225. The molecule has 0 spiro atoms. The summed E-state index contributed by atoms with van der Waals surface area (Å²) in [5.74, 6) is 0. The van der Waals surface area contributed by atoms with Gasteiger partial charge in [-0.05, 0) is 13.8 Å². The van der Waals surface area contributed by atoms with Crippen molar-refractivity contribution in [2.24, 2.45) is 0 Å². The largest absolute Gasteiger partial charge is 0.453 e. The number of amides is 1. The summed E-state index contributed by atoms with van der Waals surface area (Å²) in [7, 11) is 3.16. The molecule has 0 heterocycles. The zero-order valence-electron chi connectivity index (χ0n) is 7.22. The molecule has 5 heteroatoms. The van der Waals surface area contributed by atoms with Crippen molar-refractivity contribution in [3.05, 3.63) is 0 Å². The van der Waals surface area contributed by atoms with Crippen LogP contribution in [0.25, 0.3) is 0 Å². The van der Waals surface area contributed by atoms with Gasteiger partial charge in [0, 0.05) is 7.11 Å². The van der Waals surface area contributed by atoms with Gasteiger partial charge in [0.05, 0.1) is 12.3 Å². The fourth-order valence-corrected chi connectivity index (χ4v) is 1.25. The SMILES string of the molecule is CO[Si]C(C)(C)NC(=O)OC. The molecule has 0 fully saturated rings. The lowest BCUT2D eigenvalue weighted by atomic mass is 10.4. The van der Waals surface area contributed by atoms with Gasteiger partial charge in [-0.1, -0.05) is 0 Å². The third kappa shape index (κ3) is 4.80. The summed E-state index contributed by atoms with van der Waals surface area (Å²) in [6.45, 7) is 3.73. The van der Waals surface area contributed by atoms with Gasteiger partial charge in [0.2, 0.25) is 0 Å². The van der Waals surface area contributed by atoms with Gasteiger partial charge in [-0.25, -0.2) is 4.79 Å². The maximum Gasteiger partial charge on any atom is 0.407 e. The zero-order chi connectivity index (χ0) is 8.91. The highest BCUT2D eigenvalue weighted by Gasteiger charge is 2.22. The lowest BCUT2D eigenvalue weighted by molar-refractivity contribution is 0.164. The molecule has 0 aromatic heterocycles. The molecule has 11 heavy (non-hydrogen) atoms. The van der Waals surface area contributed by atoms with E-state index in [0.717, 1.165) is 0 Å². The molecule has 0 aromatic rings. The first kappa shape index (κ1) is 10.4. The van der Waals surface area contributed by atoms with Gasteiger partial charge in [0.1, 0.15) is 0 Å². The first-order chi connectivity index (χ1) is 5.02. The Morgan fingerprint density at radius 2 is 2.00 bits per heavy atom. The predicted octanol–water partition coefficient (Wildman–Crippen LogP) is 0.344. The van der Waals surface area contributed by atoms with Crippen molar-refractivity contribution in [1.29, 1.82) is 0 Å². The van der Waals surface area contributed by atoms with Gasteiger partial charge in [0.15, 0.2) is 0 Å². The minimum atomic E-state index is -0.431. The second-order valence-electron chi connectivity index (χ2n) is 2.55. The summed E-state index contributed by atoms with van der Waals surface area (Å²) in [5, 5.41) is 2.29. The molecule has 0 rings (SSSR count). The number of nitrogens with one attached hydrogen (secondary N) is 1. The van der Waals surface area contributed by atoms with Gasteiger partial charge >= 0.3 is 6.09 Å². The number of alkyl carbamates (subject to hydrolysis) is 1. The monoisotopic (exact) mass is 175 g/mol. The van der Waals surface area contributed by atoms with E-state index in [0.29, 0.717) is 0 Å². The minimum Gasteiger partial charge on any atom is -0.453 e. The Morgan fingerprint density at radius 3 is 2.36 bits per heavy atom. The first-order valence-corrected chi connectivity index (χ1v) is 4.09. The molecule has 0 aliphatic heterocycles. The van der Waals surface area contributed by atoms with E-state index in [1.165, 1.54) is 7.11 Å². The van der Waals surface area contributed by atoms with Crippen molar-refractivity contribution in [2.75, 3.05) is 14.2 Å². The van der Waals surface area contributed by atoms with E-state index < -0.39 is 6.09 Å². The smallest absolute Gasteiger partial charge is 0.407 e. The molecule has 0 unspecified atom stereocenters. The van der Waals surface area contributed by atoms with E-state index in [1.807, 2.05) is 13.8 Å². The molecule has 4 nitrogen and oxygen atoms in total. The number of hydrogen-bond acceptors (Lipinski definition) is 3. The third-order valence-electron chi connectivity index (χ3n) is 0.957. The molecule has 0 bridgehead atoms. The molecular weight excluding hydrogens is 162 g/mol. The van der Waals surface area contributed by atoms with Crippen LogP contribution in [0.5, 0.6) is 0 Å². The van der Waals surface area contributed by atoms with Crippen molar-refractivity contribution < 1.29 is 14.0 Å². The van der Waals surface area contributed by atoms with E-state index in [2.05, 4.69) is 10.1 Å². The highest BCUT2D eigenvalue weighted by atomic mass is 28.2. The zero-order valence-corrected chi connectivity index (χ0v) is 8.22. The standard InChI is InChI=1S/C6H13NO3Si/c1-6(2,11-10-4)7-5(8)9-3/h1-4H3,(H,7,8). The molecule has 0 aliphatic carbocycles. The topological polar surface area (TPSA) is 47.6 Å². The average Bonchev–Trinajstić information content (AvgIpc) is 1.86. The number of hydrogen-bond donors (Lipinski definition) is 1. The fourth-order valence-electron chi connectivity index (χ4n) is 0.587. The number of carbonyl (C=O) groups excluding carboxylic acids is 1. The van der Waals surface area contributed by atoms with Crippen molar-refractivity contribution in [3.63, 3.8) is 0 Å². The van der Waals surface area contributed by atoms with E-state index >= 15 is 0 Å². The lowest BCUT2D eigenvalue weighted by Crippen LogP contribution is -2.48. The normalized spacial score (nSPS) is 10.9. The second kappa shape index (κ2) is 4.35. The van der Waals surface area contributed by atoms with Crippen LogP contribution < -0.4 is 5.32 Å². The Labute approximate surface area is 69.2 Å². The van der Waals surface area contributed by atoms with Crippen LogP contribution in [0.3, 0.4) is 0 Å². The first-order valence-electron chi connectivity index (χ1n) is 3.18. The summed E-state index contributed by atoms with van der Waals surface area (Å²) < 4.78 is 9.34. The molecular formula is C6H13NO3Si. The molecule has 0 aromatic carbocycles. The van der Waals surface area contributed by atoms with Crippen molar-refractivity contribution in [3.8, 4) is 0 Å². The van der Waals surface area contributed by atoms with Gasteiger partial charge in [-0.15, -0.1) is 0 Å². The Hall–Kier alpha value is -0.553. The lowest BCUT2D eigenvalue weighted by Gasteiger charge is -2.22. The molecule has 0 aliphatic rings. The number of carbonyl (C=O) groups is 1. The van der Waals surface area contributed by atoms with Gasteiger partial charge in [-0.2, -0.15) is 0 Å². The molecule has 64 valence electrons. The summed E-state index contributed by atoms with van der Waals surface area (Å²) in [5.41, 5.74) is 0. The Balaban J connectivity index is 3.80. The third-order valence-corrected chi connectivity index (χ3v) is 1.80. The Morgan fingerprint density at radius 1 is 1.45 bits per heavy atom. The van der Waals surface area contributed by atoms with Crippen LogP contribution in [0.4, 0.5) is 4.79 Å². The molecule has 2 radical (unpaired) electrons. The molecule has 1 N–H and O–H groups in total. The van der Waals surface area contributed by atoms with Gasteiger partial charge in [0.25, 0.3) is 9.76 Å². The second-order valence-corrected chi connectivity index (χ2v) is 4.41. The van der Waals surface area contributed by atoms with Crippen LogP contribution in [0.1, 0.15) is 13.8 Å². The van der Waals surface area contributed by atoms with E-state index in [-0.39, 0.29) is 14.9 Å². The van der Waals surface area contributed by atoms with Crippen molar-refractivity contribution in [2.45, 2.75) is 19.0 Å². The summed E-state index contributed by atoms with van der Waals surface area (Å²) in [6.07, 6.45) is -0.431. The highest BCUT2D eigenvalue weighted by Crippen LogP contribution is 1.99. The highest BCUT2D eigenvalue weighted by molar-refractivity contribution is 6.32. The van der Waals surface area contributed by atoms with Crippen LogP contribution >= 0.6 is 0 Å². The molecule has 0 saturated heterocycles. The Bertz CT molecular complexity index is 138.